The third kappa shape index (κ3) is 11.4. The molecule has 7 N–H and O–H groups in total. The van der Waals surface area contributed by atoms with Crippen molar-refractivity contribution in [2.75, 3.05) is 19.8 Å². The van der Waals surface area contributed by atoms with Gasteiger partial charge in [-0.15, -0.1) is 0 Å². The fourth-order valence-corrected chi connectivity index (χ4v) is 8.26. The Balaban J connectivity index is 0.00000641. The van der Waals surface area contributed by atoms with E-state index in [0.717, 1.165) is 43.2 Å². The number of aliphatic hydroxyl groups is 6. The topological polar surface area (TPSA) is 249 Å². The zero-order valence-electron chi connectivity index (χ0n) is 32.9. The van der Waals surface area contributed by atoms with Crippen LogP contribution in [0.5, 0.6) is 0 Å². The molecule has 14 atom stereocenters. The van der Waals surface area contributed by atoms with Crippen LogP contribution in [0.15, 0.2) is 65.7 Å². The molecule has 316 valence electrons. The number of ether oxygens (including phenoxy) is 6. The number of carboxylic acids is 1. The van der Waals surface area contributed by atoms with E-state index in [-0.39, 0.29) is 61.5 Å². The summed E-state index contributed by atoms with van der Waals surface area (Å²) < 4.78 is 36.2. The average Bonchev–Trinajstić information content (AvgIpc) is 3.22. The van der Waals surface area contributed by atoms with Gasteiger partial charge in [-0.25, -0.2) is 4.79 Å². The first-order valence-electron chi connectivity index (χ1n) is 19.9. The van der Waals surface area contributed by atoms with Gasteiger partial charge in [0.2, 0.25) is 0 Å². The van der Waals surface area contributed by atoms with Crippen molar-refractivity contribution < 1.29 is 104 Å². The van der Waals surface area contributed by atoms with E-state index < -0.39 is 110 Å². The number of hydrogen-bond acceptors (Lipinski definition) is 15. The first-order valence-corrected chi connectivity index (χ1v) is 19.9. The molecule has 1 saturated carbocycles. The molecule has 3 saturated heterocycles. The molecule has 0 radical (unpaired) electrons. The maximum atomic E-state index is 13.9. The molecule has 16 nitrogen and oxygen atoms in total. The number of hydrogen-bond donors (Lipinski definition) is 7. The van der Waals surface area contributed by atoms with Crippen molar-refractivity contribution in [2.24, 2.45) is 10.9 Å². The Labute approximate surface area is 360 Å². The standard InChI is InChI=1S/C41H57NO15.Na/c1-22-31(44)33(46)34(47)40(53-22)57-36-26(17-18-52-28(36)20-42-38(49)30(24-13-7-3-8-14-24)25-15-9-4-10-16-25)55-41-35(48)37(32(45)29(21-43)56-41)54-27(39(50)51)19-23-11-5-2-6-12-23;/h3-4,7-10,13-16,22-23,26-37,40-41,43-48H,2,5-6,11-12,17-21H2,1H3,(H,42,49)(H,50,51);/q;+1/p-1/t22-,26+,27+,28?,29+,31+,32-,33-,34+,35-,36-,37+,40-,41+;/m1./s1. The van der Waals surface area contributed by atoms with Gasteiger partial charge in [0.15, 0.2) is 18.7 Å². The molecule has 0 aromatic heterocycles. The van der Waals surface area contributed by atoms with Gasteiger partial charge < -0.3 is 74.3 Å². The smallest absolute Gasteiger partial charge is 0.861 e. The van der Waals surface area contributed by atoms with Crippen LogP contribution in [-0.2, 0) is 33.2 Å². The molecule has 1 unspecified atom stereocenters. The van der Waals surface area contributed by atoms with E-state index in [1.807, 2.05) is 60.7 Å². The monoisotopic (exact) mass is 825 g/mol. The molecule has 0 spiro atoms. The Kier molecular flexibility index (Phi) is 17.9. The maximum Gasteiger partial charge on any atom is 1.00 e. The van der Waals surface area contributed by atoms with Crippen LogP contribution in [0.3, 0.4) is 0 Å². The molecule has 2 aromatic rings. The largest absolute Gasteiger partial charge is 1.00 e. The van der Waals surface area contributed by atoms with Crippen molar-refractivity contribution in [1.29, 1.82) is 0 Å². The predicted octanol–water partition coefficient (Wildman–Crippen LogP) is -2.78. The summed E-state index contributed by atoms with van der Waals surface area (Å²) in [6, 6.07) is 18.3. The number of benzene rings is 2. The molecule has 0 amide bonds. The second kappa shape index (κ2) is 22.1. The van der Waals surface area contributed by atoms with Crippen LogP contribution < -0.4 is 34.7 Å². The normalized spacial score (nSPS) is 35.6. The molecule has 3 aliphatic heterocycles. The van der Waals surface area contributed by atoms with Gasteiger partial charge in [-0.3, -0.25) is 0 Å². The van der Waals surface area contributed by atoms with Gasteiger partial charge >= 0.3 is 35.5 Å². The van der Waals surface area contributed by atoms with Gasteiger partial charge in [0.25, 0.3) is 0 Å². The summed E-state index contributed by atoms with van der Waals surface area (Å²) in [5.74, 6) is -2.36. The summed E-state index contributed by atoms with van der Waals surface area (Å²) in [5, 5.41) is 88.7. The molecule has 4 fully saturated rings. The van der Waals surface area contributed by atoms with Crippen molar-refractivity contribution in [2.45, 2.75) is 144 Å². The van der Waals surface area contributed by atoms with Crippen LogP contribution in [0.1, 0.15) is 68.9 Å². The second-order valence-corrected chi connectivity index (χ2v) is 15.5. The Morgan fingerprint density at radius 3 is 2.02 bits per heavy atom. The Morgan fingerprint density at radius 2 is 1.41 bits per heavy atom. The Morgan fingerprint density at radius 1 is 0.793 bits per heavy atom. The third-order valence-corrected chi connectivity index (χ3v) is 11.5. The average molecular weight is 826 g/mol. The number of aliphatic hydroxyl groups excluding tert-OH is 6. The Bertz CT molecular complexity index is 1530. The quantitative estimate of drug-likeness (QED) is 0.0545. The van der Waals surface area contributed by atoms with E-state index in [9.17, 15) is 45.6 Å². The summed E-state index contributed by atoms with van der Waals surface area (Å²) in [5.41, 5.74) is 1.45. The molecular formula is C41H56NNaO15. The van der Waals surface area contributed by atoms with Crippen LogP contribution in [0, 0.1) is 5.92 Å². The Hall–Kier alpha value is -2.10. The van der Waals surface area contributed by atoms with Crippen molar-refractivity contribution in [1.82, 2.24) is 0 Å². The van der Waals surface area contributed by atoms with Crippen LogP contribution in [-0.4, -0.2) is 153 Å². The summed E-state index contributed by atoms with van der Waals surface area (Å²) in [7, 11) is 0. The number of carbonyl (C=O) groups is 1. The molecule has 58 heavy (non-hydrogen) atoms. The molecule has 4 aliphatic rings. The molecule has 6 rings (SSSR count). The minimum atomic E-state index is -1.74. The maximum absolute atomic E-state index is 13.9. The van der Waals surface area contributed by atoms with Crippen LogP contribution >= 0.6 is 0 Å². The van der Waals surface area contributed by atoms with Crippen molar-refractivity contribution in [3.8, 4) is 0 Å². The number of nitrogens with zero attached hydrogens (tertiary/aromatic N) is 1. The van der Waals surface area contributed by atoms with Crippen molar-refractivity contribution in [3.63, 3.8) is 0 Å². The fourth-order valence-electron chi connectivity index (χ4n) is 8.26. The van der Waals surface area contributed by atoms with E-state index in [0.29, 0.717) is 0 Å². The van der Waals surface area contributed by atoms with Crippen molar-refractivity contribution in [3.05, 3.63) is 71.8 Å². The number of carboxylic acid groups (broad SMARTS) is 1. The molecule has 3 heterocycles. The second-order valence-electron chi connectivity index (χ2n) is 15.5. The molecule has 0 bridgehead atoms. The predicted molar refractivity (Wildman–Crippen MR) is 199 cm³/mol. The first-order chi connectivity index (χ1) is 27.5. The minimum absolute atomic E-state index is 0. The van der Waals surface area contributed by atoms with E-state index in [4.69, 9.17) is 28.4 Å². The van der Waals surface area contributed by atoms with Gasteiger partial charge in [-0.05, 0) is 42.7 Å². The zero-order valence-corrected chi connectivity index (χ0v) is 34.9. The first kappa shape index (κ1) is 47.0. The molecule has 1 aliphatic carbocycles. The summed E-state index contributed by atoms with van der Waals surface area (Å²) in [6.07, 6.45) is -14.6. The number of aliphatic imine (C=N–C) groups is 1. The van der Waals surface area contributed by atoms with Gasteiger partial charge in [0.05, 0.1) is 25.4 Å². The fraction of sp³-hybridized carbons (Fsp3) is 0.659. The zero-order chi connectivity index (χ0) is 40.6. The van der Waals surface area contributed by atoms with E-state index in [1.54, 1.807) is 0 Å². The van der Waals surface area contributed by atoms with E-state index >= 15 is 0 Å². The number of aliphatic carboxylic acids is 1. The molecular weight excluding hydrogens is 769 g/mol. The van der Waals surface area contributed by atoms with Crippen molar-refractivity contribution >= 4 is 11.9 Å². The summed E-state index contributed by atoms with van der Waals surface area (Å²) in [6.45, 7) is 0.590. The SMILES string of the molecule is C[C@H]1O[C@H](O[C@H]2C(CN=C([O-])C(c3ccccc3)c3ccccc3)OCC[C@@H]2O[C@H]2O[C@@H](CO)[C@@H](O)[C@H](O[C@@H](CC3CCCCC3)C(=O)O)[C@H]2O)[C@@H](O)[C@H](O)[C@H]1O.[Na+]. The summed E-state index contributed by atoms with van der Waals surface area (Å²) in [4.78, 5) is 16.8. The van der Waals surface area contributed by atoms with E-state index in [2.05, 4.69) is 4.99 Å². The van der Waals surface area contributed by atoms with Gasteiger partial charge in [0.1, 0.15) is 54.9 Å². The van der Waals surface area contributed by atoms with Crippen LogP contribution in [0.2, 0.25) is 0 Å². The molecule has 2 aromatic carbocycles. The van der Waals surface area contributed by atoms with Gasteiger partial charge in [-0.1, -0.05) is 92.8 Å². The minimum Gasteiger partial charge on any atom is -0.861 e. The van der Waals surface area contributed by atoms with E-state index in [1.165, 1.54) is 6.92 Å². The molecule has 17 heteroatoms. The van der Waals surface area contributed by atoms with Crippen LogP contribution in [0.4, 0.5) is 0 Å². The van der Waals surface area contributed by atoms with Crippen LogP contribution in [0.25, 0.3) is 0 Å². The summed E-state index contributed by atoms with van der Waals surface area (Å²) >= 11 is 0. The number of rotatable bonds is 15. The van der Waals surface area contributed by atoms with Gasteiger partial charge in [-0.2, -0.15) is 0 Å². The third-order valence-electron chi connectivity index (χ3n) is 11.5. The van der Waals surface area contributed by atoms with Gasteiger partial charge in [0, 0.05) is 12.5 Å².